The molecule has 3 rings (SSSR count). The minimum absolute atomic E-state index is 0.0213. The molecule has 0 unspecified atom stereocenters. The standard InChI is InChI=1S/C33H46FN5O3/c1-9-13-20(6)28(26(35)14-10-2)39-32-24(31(37-33(39)42)38(15-11-3)22(8)12-4)18-21(7)29(40)27(36-32)23-16-19(5)17-25(34)30(23)41/h16-18,22,29,35,40-41H,9-15H2,1-8H3/b28-20-,35-26?/t22-,29-/m0/s1. The van der Waals surface area contributed by atoms with Gasteiger partial charge in [-0.15, -0.1) is 0 Å². The van der Waals surface area contributed by atoms with Crippen LogP contribution in [0.3, 0.4) is 0 Å². The van der Waals surface area contributed by atoms with Crippen molar-refractivity contribution in [3.05, 3.63) is 56.3 Å². The number of hydrogen-bond acceptors (Lipinski definition) is 7. The van der Waals surface area contributed by atoms with E-state index < -0.39 is 23.4 Å². The van der Waals surface area contributed by atoms with Gasteiger partial charge in [0.1, 0.15) is 11.9 Å². The van der Waals surface area contributed by atoms with Crippen molar-refractivity contribution in [3.8, 4) is 5.75 Å². The molecule has 0 amide bonds. The van der Waals surface area contributed by atoms with Gasteiger partial charge in [-0.1, -0.05) is 40.5 Å². The molecule has 1 aromatic carbocycles. The summed E-state index contributed by atoms with van der Waals surface area (Å²) in [6, 6.07) is 2.85. The highest BCUT2D eigenvalue weighted by molar-refractivity contribution is 6.18. The van der Waals surface area contributed by atoms with Gasteiger partial charge in [-0.05, 0) is 88.3 Å². The minimum atomic E-state index is -1.29. The van der Waals surface area contributed by atoms with E-state index in [1.807, 2.05) is 20.8 Å². The number of phenols is 1. The Balaban J connectivity index is 2.61. The van der Waals surface area contributed by atoms with Crippen LogP contribution < -0.4 is 10.6 Å². The van der Waals surface area contributed by atoms with E-state index in [1.165, 1.54) is 10.6 Å². The van der Waals surface area contributed by atoms with Crippen LogP contribution in [-0.2, 0) is 0 Å². The summed E-state index contributed by atoms with van der Waals surface area (Å²) in [5.74, 6) is -0.795. The van der Waals surface area contributed by atoms with Crippen molar-refractivity contribution in [2.45, 2.75) is 106 Å². The Morgan fingerprint density at radius 1 is 1.14 bits per heavy atom. The van der Waals surface area contributed by atoms with Crippen LogP contribution in [0.1, 0.15) is 104 Å². The van der Waals surface area contributed by atoms with Gasteiger partial charge in [0, 0.05) is 18.2 Å². The molecule has 9 heteroatoms. The Bertz CT molecular complexity index is 1490. The lowest BCUT2D eigenvalue weighted by Gasteiger charge is -2.31. The van der Waals surface area contributed by atoms with Gasteiger partial charge in [0.15, 0.2) is 17.4 Å². The van der Waals surface area contributed by atoms with Gasteiger partial charge in [-0.2, -0.15) is 4.98 Å². The second-order valence-electron chi connectivity index (χ2n) is 11.3. The van der Waals surface area contributed by atoms with Crippen LogP contribution in [0, 0.1) is 18.2 Å². The zero-order valence-electron chi connectivity index (χ0n) is 26.3. The summed E-state index contributed by atoms with van der Waals surface area (Å²) in [5.41, 5.74) is 2.66. The van der Waals surface area contributed by atoms with Crippen molar-refractivity contribution in [3.63, 3.8) is 0 Å². The number of nitrogens with zero attached hydrogens (tertiary/aromatic N) is 4. The molecule has 0 saturated carbocycles. The normalized spacial score (nSPS) is 16.2. The number of aromatic nitrogens is 2. The second kappa shape index (κ2) is 14.1. The molecule has 0 spiro atoms. The number of rotatable bonds is 12. The maximum absolute atomic E-state index is 14.7. The first-order chi connectivity index (χ1) is 19.9. The number of hydrogen-bond donors (Lipinski definition) is 3. The van der Waals surface area contributed by atoms with Crippen LogP contribution in [0.25, 0.3) is 11.8 Å². The van der Waals surface area contributed by atoms with E-state index in [9.17, 15) is 19.4 Å². The number of aromatic hydroxyl groups is 1. The molecule has 1 aliphatic heterocycles. The largest absolute Gasteiger partial charge is 0.504 e. The number of halogens is 1. The average molecular weight is 580 g/mol. The third-order valence-corrected chi connectivity index (χ3v) is 7.76. The van der Waals surface area contributed by atoms with Crippen molar-refractivity contribution in [2.24, 2.45) is 4.99 Å². The highest BCUT2D eigenvalue weighted by Gasteiger charge is 2.31. The van der Waals surface area contributed by atoms with Crippen molar-refractivity contribution in [1.29, 1.82) is 5.41 Å². The summed E-state index contributed by atoms with van der Waals surface area (Å²) in [4.78, 5) is 25.7. The molecule has 2 heterocycles. The van der Waals surface area contributed by atoms with E-state index in [2.05, 4.69) is 30.7 Å². The zero-order chi connectivity index (χ0) is 31.3. The van der Waals surface area contributed by atoms with E-state index in [-0.39, 0.29) is 23.1 Å². The molecule has 1 aromatic heterocycles. The minimum Gasteiger partial charge on any atom is -0.504 e. The zero-order valence-corrected chi connectivity index (χ0v) is 26.3. The monoisotopic (exact) mass is 579 g/mol. The van der Waals surface area contributed by atoms with E-state index >= 15 is 0 Å². The first-order valence-corrected chi connectivity index (χ1v) is 15.1. The maximum Gasteiger partial charge on any atom is 0.355 e. The van der Waals surface area contributed by atoms with Crippen molar-refractivity contribution in [1.82, 2.24) is 9.55 Å². The maximum atomic E-state index is 14.7. The Kier molecular flexibility index (Phi) is 11.0. The highest BCUT2D eigenvalue weighted by Crippen LogP contribution is 2.38. The number of anilines is 1. The molecular formula is C33H46FN5O3. The van der Waals surface area contributed by atoms with Gasteiger partial charge in [0.25, 0.3) is 0 Å². The fourth-order valence-corrected chi connectivity index (χ4v) is 5.45. The first kappa shape index (κ1) is 32.9. The lowest BCUT2D eigenvalue weighted by atomic mass is 9.97. The number of aliphatic imine (C=N–C) groups is 1. The SMILES string of the molecule is CCCC(=N)/C(=C(\C)CCC)n1c2c(c(N(CCC)[C@@H](C)CC)nc1=O)C=C(C)[C@H](O)C(c1cc(C)cc(F)c1O)=N2. The summed E-state index contributed by atoms with van der Waals surface area (Å²) >= 11 is 0. The van der Waals surface area contributed by atoms with Gasteiger partial charge in [-0.25, -0.2) is 18.7 Å². The van der Waals surface area contributed by atoms with Gasteiger partial charge in [-0.3, -0.25) is 0 Å². The van der Waals surface area contributed by atoms with Crippen LogP contribution in [0.5, 0.6) is 5.75 Å². The number of phenolic OH excluding ortho intramolecular Hbond substituents is 1. The molecule has 0 aliphatic carbocycles. The third kappa shape index (κ3) is 6.56. The second-order valence-corrected chi connectivity index (χ2v) is 11.3. The van der Waals surface area contributed by atoms with E-state index in [4.69, 9.17) is 10.4 Å². The molecule has 228 valence electrons. The van der Waals surface area contributed by atoms with E-state index in [0.29, 0.717) is 59.7 Å². The quantitative estimate of drug-likeness (QED) is 0.231. The summed E-state index contributed by atoms with van der Waals surface area (Å²) in [6.07, 6.45) is 4.77. The predicted octanol–water partition coefficient (Wildman–Crippen LogP) is 7.16. The molecule has 0 saturated heterocycles. The van der Waals surface area contributed by atoms with Crippen molar-refractivity contribution < 1.29 is 14.6 Å². The van der Waals surface area contributed by atoms with Crippen molar-refractivity contribution >= 4 is 34.8 Å². The number of benzene rings is 1. The lowest BCUT2D eigenvalue weighted by Crippen LogP contribution is -2.37. The molecule has 0 radical (unpaired) electrons. The molecule has 8 nitrogen and oxygen atoms in total. The Labute approximate surface area is 248 Å². The number of allylic oxidation sites excluding steroid dienone is 2. The van der Waals surface area contributed by atoms with Crippen molar-refractivity contribution in [2.75, 3.05) is 11.4 Å². The molecule has 1 aliphatic rings. The Morgan fingerprint density at radius 3 is 2.40 bits per heavy atom. The number of nitrogens with one attached hydrogen (secondary N) is 1. The molecule has 2 aromatic rings. The van der Waals surface area contributed by atoms with Gasteiger partial charge < -0.3 is 20.5 Å². The fourth-order valence-electron chi connectivity index (χ4n) is 5.45. The third-order valence-electron chi connectivity index (χ3n) is 7.76. The Hall–Kier alpha value is -3.59. The molecule has 0 fully saturated rings. The predicted molar refractivity (Wildman–Crippen MR) is 171 cm³/mol. The van der Waals surface area contributed by atoms with Crippen LogP contribution in [-0.4, -0.2) is 49.9 Å². The van der Waals surface area contributed by atoms with Crippen LogP contribution in [0.15, 0.2) is 33.1 Å². The lowest BCUT2D eigenvalue weighted by molar-refractivity contribution is 0.278. The number of fused-ring (bicyclic) bond motifs is 1. The van der Waals surface area contributed by atoms with Gasteiger partial charge in [0.2, 0.25) is 0 Å². The fraction of sp³-hybridized carbons (Fsp3) is 0.515. The first-order valence-electron chi connectivity index (χ1n) is 15.1. The Morgan fingerprint density at radius 2 is 1.81 bits per heavy atom. The highest BCUT2D eigenvalue weighted by atomic mass is 19.1. The smallest absolute Gasteiger partial charge is 0.355 e. The number of aliphatic hydroxyl groups excluding tert-OH is 1. The van der Waals surface area contributed by atoms with Gasteiger partial charge >= 0.3 is 5.69 Å². The summed E-state index contributed by atoms with van der Waals surface area (Å²) in [5, 5.41) is 31.3. The molecule has 42 heavy (non-hydrogen) atoms. The summed E-state index contributed by atoms with van der Waals surface area (Å²) < 4.78 is 16.1. The average Bonchev–Trinajstić information content (AvgIpc) is 3.06. The number of aryl methyl sites for hydroxylation is 1. The van der Waals surface area contributed by atoms with Gasteiger partial charge in [0.05, 0.1) is 22.7 Å². The van der Waals surface area contributed by atoms with E-state index in [1.54, 1.807) is 26.0 Å². The molecule has 0 bridgehead atoms. The topological polar surface area (TPSA) is 115 Å². The van der Waals surface area contributed by atoms with Crippen LogP contribution >= 0.6 is 0 Å². The van der Waals surface area contributed by atoms with Crippen LogP contribution in [0.4, 0.5) is 16.0 Å². The summed E-state index contributed by atoms with van der Waals surface area (Å²) in [7, 11) is 0. The molecule has 2 atom stereocenters. The van der Waals surface area contributed by atoms with Crippen LogP contribution in [0.2, 0.25) is 0 Å². The van der Waals surface area contributed by atoms with E-state index in [0.717, 1.165) is 24.8 Å². The molecular weight excluding hydrogens is 533 g/mol. The number of aliphatic hydroxyl groups is 1. The summed E-state index contributed by atoms with van der Waals surface area (Å²) in [6.45, 7) is 16.2. The molecule has 3 N–H and O–H groups in total.